The van der Waals surface area contributed by atoms with Crippen molar-refractivity contribution < 1.29 is 17.9 Å². The molecule has 0 bridgehead atoms. The Labute approximate surface area is 158 Å². The molecule has 3 rings (SSSR count). The lowest BCUT2D eigenvalue weighted by Gasteiger charge is -2.17. The first-order valence-electron chi connectivity index (χ1n) is 8.37. The highest BCUT2D eigenvalue weighted by molar-refractivity contribution is 7.89. The number of ether oxygens (including phenoxy) is 1. The monoisotopic (exact) mass is 393 g/mol. The Balaban J connectivity index is 1.90. The van der Waals surface area contributed by atoms with Crippen LogP contribution in [0.3, 0.4) is 0 Å². The average molecular weight is 394 g/mol. The minimum Gasteiger partial charge on any atom is -0.423 e. The van der Waals surface area contributed by atoms with Crippen LogP contribution in [-0.2, 0) is 10.0 Å². The second kappa shape index (κ2) is 7.39. The Bertz CT molecular complexity index is 930. The number of benzene rings is 2. The van der Waals surface area contributed by atoms with Crippen LogP contribution in [0.25, 0.3) is 0 Å². The Morgan fingerprint density at radius 2 is 1.65 bits per heavy atom. The lowest BCUT2D eigenvalue weighted by Crippen LogP contribution is -2.28. The standard InChI is InChI=1S/C19H20ClNO4S/c1-13-9-14(2)11-16(10-13)25-19(22)15-5-6-17(20)18(12-15)26(23,24)21-7-3-4-8-21/h5-6,9-12H,3-4,7-8H2,1-2H3. The van der Waals surface area contributed by atoms with Crippen LogP contribution in [0.5, 0.6) is 5.75 Å². The molecule has 1 aliphatic heterocycles. The molecule has 0 saturated carbocycles. The minimum absolute atomic E-state index is 0.0593. The van der Waals surface area contributed by atoms with Crippen molar-refractivity contribution in [2.24, 2.45) is 0 Å². The van der Waals surface area contributed by atoms with Crippen molar-refractivity contribution in [3.63, 3.8) is 0 Å². The molecule has 2 aromatic carbocycles. The van der Waals surface area contributed by atoms with Crippen molar-refractivity contribution >= 4 is 27.6 Å². The first kappa shape index (κ1) is 18.9. The van der Waals surface area contributed by atoms with Crippen molar-refractivity contribution in [1.29, 1.82) is 0 Å². The molecule has 26 heavy (non-hydrogen) atoms. The van der Waals surface area contributed by atoms with E-state index in [2.05, 4.69) is 0 Å². The Hall–Kier alpha value is -1.89. The lowest BCUT2D eigenvalue weighted by molar-refractivity contribution is 0.0734. The van der Waals surface area contributed by atoms with Gasteiger partial charge in [-0.1, -0.05) is 17.7 Å². The van der Waals surface area contributed by atoms with E-state index in [0.717, 1.165) is 24.0 Å². The van der Waals surface area contributed by atoms with Gasteiger partial charge in [-0.15, -0.1) is 0 Å². The van der Waals surface area contributed by atoms with Gasteiger partial charge in [-0.05, 0) is 68.1 Å². The molecule has 0 aromatic heterocycles. The zero-order valence-corrected chi connectivity index (χ0v) is 16.2. The SMILES string of the molecule is Cc1cc(C)cc(OC(=O)c2ccc(Cl)c(S(=O)(=O)N3CCCC3)c2)c1. The molecule has 0 unspecified atom stereocenters. The fourth-order valence-electron chi connectivity index (χ4n) is 3.05. The quantitative estimate of drug-likeness (QED) is 0.582. The van der Waals surface area contributed by atoms with Crippen LogP contribution in [0, 0.1) is 13.8 Å². The summed E-state index contributed by atoms with van der Waals surface area (Å²) in [5.41, 5.74) is 2.09. The van der Waals surface area contributed by atoms with E-state index in [0.29, 0.717) is 18.8 Å². The van der Waals surface area contributed by atoms with E-state index in [9.17, 15) is 13.2 Å². The number of carbonyl (C=O) groups excluding carboxylic acids is 1. The number of carbonyl (C=O) groups is 1. The molecular formula is C19H20ClNO4S. The van der Waals surface area contributed by atoms with Gasteiger partial charge in [-0.3, -0.25) is 0 Å². The third-order valence-corrected chi connectivity index (χ3v) is 6.64. The molecule has 138 valence electrons. The molecule has 0 N–H and O–H groups in total. The van der Waals surface area contributed by atoms with Crippen molar-refractivity contribution in [2.75, 3.05) is 13.1 Å². The van der Waals surface area contributed by atoms with Crippen LogP contribution in [-0.4, -0.2) is 31.8 Å². The van der Waals surface area contributed by atoms with E-state index in [1.807, 2.05) is 19.9 Å². The van der Waals surface area contributed by atoms with Gasteiger partial charge in [0.05, 0.1) is 10.6 Å². The number of sulfonamides is 1. The summed E-state index contributed by atoms with van der Waals surface area (Å²) < 4.78 is 32.3. The predicted octanol–water partition coefficient (Wildman–Crippen LogP) is 3.96. The Kier molecular flexibility index (Phi) is 5.37. The van der Waals surface area contributed by atoms with Crippen molar-refractivity contribution in [3.05, 3.63) is 58.1 Å². The molecule has 1 heterocycles. The highest BCUT2D eigenvalue weighted by atomic mass is 35.5. The van der Waals surface area contributed by atoms with Gasteiger partial charge in [0.15, 0.2) is 0 Å². The summed E-state index contributed by atoms with van der Waals surface area (Å²) >= 11 is 6.11. The number of halogens is 1. The fourth-order valence-corrected chi connectivity index (χ4v) is 5.07. The molecule has 5 nitrogen and oxygen atoms in total. The first-order valence-corrected chi connectivity index (χ1v) is 10.2. The smallest absolute Gasteiger partial charge is 0.343 e. The molecule has 0 atom stereocenters. The summed E-state index contributed by atoms with van der Waals surface area (Å²) in [6.07, 6.45) is 1.65. The molecule has 0 spiro atoms. The van der Waals surface area contributed by atoms with Gasteiger partial charge < -0.3 is 4.74 Å². The molecule has 1 saturated heterocycles. The van der Waals surface area contributed by atoms with Crippen LogP contribution >= 0.6 is 11.6 Å². The van der Waals surface area contributed by atoms with E-state index in [1.54, 1.807) is 12.1 Å². The van der Waals surface area contributed by atoms with Gasteiger partial charge in [-0.25, -0.2) is 13.2 Å². The molecule has 2 aromatic rings. The lowest BCUT2D eigenvalue weighted by atomic mass is 10.1. The number of aryl methyl sites for hydroxylation is 2. The number of hydrogen-bond donors (Lipinski definition) is 0. The van der Waals surface area contributed by atoms with Crippen molar-refractivity contribution in [2.45, 2.75) is 31.6 Å². The zero-order chi connectivity index (χ0) is 18.9. The van der Waals surface area contributed by atoms with Crippen molar-refractivity contribution in [3.8, 4) is 5.75 Å². The van der Waals surface area contributed by atoms with Crippen LogP contribution in [0.15, 0.2) is 41.3 Å². The van der Waals surface area contributed by atoms with Gasteiger partial charge >= 0.3 is 5.97 Å². The topological polar surface area (TPSA) is 63.7 Å². The third-order valence-electron chi connectivity index (χ3n) is 4.26. The number of esters is 1. The summed E-state index contributed by atoms with van der Waals surface area (Å²) in [5.74, 6) is -0.198. The summed E-state index contributed by atoms with van der Waals surface area (Å²) in [4.78, 5) is 12.4. The molecular weight excluding hydrogens is 374 g/mol. The first-order chi connectivity index (χ1) is 12.3. The minimum atomic E-state index is -3.72. The summed E-state index contributed by atoms with van der Waals surface area (Å²) in [7, 11) is -3.72. The molecule has 0 amide bonds. The second-order valence-corrected chi connectivity index (χ2v) is 8.78. The van der Waals surface area contributed by atoms with Crippen LogP contribution in [0.1, 0.15) is 34.3 Å². The van der Waals surface area contributed by atoms with E-state index in [-0.39, 0.29) is 15.5 Å². The van der Waals surface area contributed by atoms with Gasteiger partial charge in [0.2, 0.25) is 10.0 Å². The summed E-state index contributed by atoms with van der Waals surface area (Å²) in [5, 5.41) is 0.0971. The molecule has 1 fully saturated rings. The molecule has 0 radical (unpaired) electrons. The Morgan fingerprint density at radius 3 is 2.27 bits per heavy atom. The maximum atomic E-state index is 12.8. The van der Waals surface area contributed by atoms with Gasteiger partial charge in [0.1, 0.15) is 10.6 Å². The van der Waals surface area contributed by atoms with E-state index >= 15 is 0 Å². The highest BCUT2D eigenvalue weighted by Crippen LogP contribution is 2.28. The summed E-state index contributed by atoms with van der Waals surface area (Å²) in [6, 6.07) is 9.66. The van der Waals surface area contributed by atoms with Gasteiger partial charge in [0, 0.05) is 13.1 Å². The largest absolute Gasteiger partial charge is 0.423 e. The van der Waals surface area contributed by atoms with Gasteiger partial charge in [-0.2, -0.15) is 4.31 Å². The maximum Gasteiger partial charge on any atom is 0.343 e. The molecule has 7 heteroatoms. The van der Waals surface area contributed by atoms with Crippen molar-refractivity contribution in [1.82, 2.24) is 4.31 Å². The van der Waals surface area contributed by atoms with E-state index < -0.39 is 16.0 Å². The van der Waals surface area contributed by atoms with Crippen LogP contribution < -0.4 is 4.74 Å². The normalized spacial score (nSPS) is 15.2. The maximum absolute atomic E-state index is 12.8. The van der Waals surface area contributed by atoms with Gasteiger partial charge in [0.25, 0.3) is 0 Å². The van der Waals surface area contributed by atoms with E-state index in [4.69, 9.17) is 16.3 Å². The third kappa shape index (κ3) is 3.92. The second-order valence-electron chi connectivity index (χ2n) is 6.47. The summed E-state index contributed by atoms with van der Waals surface area (Å²) in [6.45, 7) is 4.76. The molecule has 1 aliphatic rings. The highest BCUT2D eigenvalue weighted by Gasteiger charge is 2.30. The number of rotatable bonds is 4. The fraction of sp³-hybridized carbons (Fsp3) is 0.316. The zero-order valence-electron chi connectivity index (χ0n) is 14.7. The number of nitrogens with zero attached hydrogens (tertiary/aromatic N) is 1. The van der Waals surface area contributed by atoms with Crippen LogP contribution in [0.2, 0.25) is 5.02 Å². The van der Waals surface area contributed by atoms with Crippen LogP contribution in [0.4, 0.5) is 0 Å². The average Bonchev–Trinajstić information content (AvgIpc) is 3.09. The number of hydrogen-bond acceptors (Lipinski definition) is 4. The predicted molar refractivity (Wildman–Crippen MR) is 100 cm³/mol. The van der Waals surface area contributed by atoms with E-state index in [1.165, 1.54) is 22.5 Å². The molecule has 0 aliphatic carbocycles. The Morgan fingerprint density at radius 1 is 1.04 bits per heavy atom.